The van der Waals surface area contributed by atoms with Crippen LogP contribution in [0.25, 0.3) is 98.4 Å². The van der Waals surface area contributed by atoms with Crippen molar-refractivity contribution in [1.29, 1.82) is 0 Å². The van der Waals surface area contributed by atoms with Gasteiger partial charge in [-0.1, -0.05) is 146 Å². The lowest BCUT2D eigenvalue weighted by molar-refractivity contribution is 1.15. The van der Waals surface area contributed by atoms with Crippen LogP contribution < -0.4 is 0 Å². The molecular weight excluding hydrogens is 605 g/mol. The zero-order valence-corrected chi connectivity index (χ0v) is 27.2. The van der Waals surface area contributed by atoms with Crippen molar-refractivity contribution in [3.05, 3.63) is 182 Å². The summed E-state index contributed by atoms with van der Waals surface area (Å²) in [5.41, 5.74) is 9.57. The highest BCUT2D eigenvalue weighted by Gasteiger charge is 2.22. The van der Waals surface area contributed by atoms with E-state index in [1.54, 1.807) is 0 Å². The van der Waals surface area contributed by atoms with E-state index in [9.17, 15) is 0 Å². The Kier molecular flexibility index (Phi) is 5.70. The fourth-order valence-corrected chi connectivity index (χ4v) is 8.58. The fourth-order valence-electron chi connectivity index (χ4n) is 8.58. The van der Waals surface area contributed by atoms with Crippen molar-refractivity contribution in [2.75, 3.05) is 0 Å². The van der Waals surface area contributed by atoms with E-state index in [4.69, 9.17) is 0 Å². The molecule has 0 aliphatic rings. The van der Waals surface area contributed by atoms with Crippen LogP contribution in [-0.4, -0.2) is 9.13 Å². The maximum atomic E-state index is 2.52. The van der Waals surface area contributed by atoms with Gasteiger partial charge in [-0.25, -0.2) is 0 Å². The third kappa shape index (κ3) is 3.73. The molecule has 0 spiro atoms. The Morgan fingerprint density at radius 3 is 1.36 bits per heavy atom. The minimum absolute atomic E-state index is 1.16. The molecule has 0 fully saturated rings. The summed E-state index contributed by atoms with van der Waals surface area (Å²) in [6.07, 6.45) is 0. The number of benzene rings is 9. The first kappa shape index (κ1) is 27.3. The number of aromatic nitrogens is 2. The smallest absolute Gasteiger partial charge is 0.0789 e. The normalized spacial score (nSPS) is 12.0. The van der Waals surface area contributed by atoms with Gasteiger partial charge in [0.15, 0.2) is 0 Å². The van der Waals surface area contributed by atoms with E-state index in [2.05, 4.69) is 191 Å². The molecule has 0 aliphatic heterocycles. The van der Waals surface area contributed by atoms with E-state index in [-0.39, 0.29) is 0 Å². The number of fused-ring (bicyclic) bond motifs is 13. The van der Waals surface area contributed by atoms with Crippen LogP contribution in [0.3, 0.4) is 0 Å². The Morgan fingerprint density at radius 2 is 0.720 bits per heavy atom. The Labute approximate surface area is 288 Å². The lowest BCUT2D eigenvalue weighted by Gasteiger charge is -2.17. The van der Waals surface area contributed by atoms with Crippen LogP contribution in [0.5, 0.6) is 0 Å². The molecule has 232 valence electrons. The molecule has 50 heavy (non-hydrogen) atoms. The second-order valence-corrected chi connectivity index (χ2v) is 13.3. The highest BCUT2D eigenvalue weighted by molar-refractivity contribution is 6.26. The van der Waals surface area contributed by atoms with Crippen molar-refractivity contribution in [2.24, 2.45) is 0 Å². The van der Waals surface area contributed by atoms with Gasteiger partial charge in [-0.05, 0) is 74.3 Å². The lowest BCUT2D eigenvalue weighted by atomic mass is 9.92. The molecule has 0 bridgehead atoms. The van der Waals surface area contributed by atoms with Crippen LogP contribution in [0.1, 0.15) is 0 Å². The Balaban J connectivity index is 1.28. The third-order valence-corrected chi connectivity index (χ3v) is 10.7. The molecule has 0 unspecified atom stereocenters. The molecule has 2 nitrogen and oxygen atoms in total. The van der Waals surface area contributed by atoms with E-state index >= 15 is 0 Å². The highest BCUT2D eigenvalue weighted by Crippen LogP contribution is 2.44. The van der Waals surface area contributed by atoms with Crippen molar-refractivity contribution in [3.63, 3.8) is 0 Å². The zero-order valence-electron chi connectivity index (χ0n) is 27.2. The van der Waals surface area contributed by atoms with Gasteiger partial charge in [0.1, 0.15) is 0 Å². The zero-order chi connectivity index (χ0) is 32.8. The molecule has 11 aromatic rings. The molecule has 2 heteroatoms. The summed E-state index contributed by atoms with van der Waals surface area (Å²) < 4.78 is 4.97. The number of nitrogens with zero attached hydrogens (tertiary/aromatic N) is 2. The number of hydrogen-bond donors (Lipinski definition) is 0. The van der Waals surface area contributed by atoms with Gasteiger partial charge in [-0.3, -0.25) is 0 Å². The van der Waals surface area contributed by atoms with Gasteiger partial charge < -0.3 is 9.13 Å². The van der Waals surface area contributed by atoms with E-state index < -0.39 is 0 Å². The van der Waals surface area contributed by atoms with E-state index in [1.807, 2.05) is 0 Å². The van der Waals surface area contributed by atoms with Crippen LogP contribution >= 0.6 is 0 Å². The van der Waals surface area contributed by atoms with Crippen LogP contribution in [0.4, 0.5) is 0 Å². The summed E-state index contributed by atoms with van der Waals surface area (Å²) in [6.45, 7) is 0. The van der Waals surface area contributed by atoms with Gasteiger partial charge in [-0.2, -0.15) is 0 Å². The molecule has 0 saturated carbocycles. The molecular formula is C48H30N2. The molecule has 9 aromatic carbocycles. The first-order valence-corrected chi connectivity index (χ1v) is 17.3. The fraction of sp³-hybridized carbons (Fsp3) is 0. The van der Waals surface area contributed by atoms with Gasteiger partial charge in [0.05, 0.1) is 27.8 Å². The summed E-state index contributed by atoms with van der Waals surface area (Å²) >= 11 is 0. The Hall–Kier alpha value is -6.64. The minimum Gasteiger partial charge on any atom is -0.307 e. The van der Waals surface area contributed by atoms with Gasteiger partial charge in [0.25, 0.3) is 0 Å². The lowest BCUT2D eigenvalue weighted by Crippen LogP contribution is -2.00. The van der Waals surface area contributed by atoms with Crippen molar-refractivity contribution in [2.45, 2.75) is 0 Å². The molecule has 0 aliphatic carbocycles. The Bertz CT molecular complexity index is 3110. The summed E-state index contributed by atoms with van der Waals surface area (Å²) in [5.74, 6) is 0. The molecule has 2 heterocycles. The van der Waals surface area contributed by atoms with Crippen molar-refractivity contribution >= 4 is 75.9 Å². The molecule has 0 saturated heterocycles. The standard InChI is InChI=1S/C48H30N2/c1-2-14-32(15-3-1)49-45-24-12-9-21-39(45)41-28-29-42-40-22-10-13-25-46(40)50(48(42)47(41)49)44-23-11-8-16-33(44)31-26-27-38-36-19-5-4-17-34(36)35-18-6-7-20-37(35)43(38)30-31/h1-30H. The monoisotopic (exact) mass is 634 g/mol. The Morgan fingerprint density at radius 1 is 0.280 bits per heavy atom. The topological polar surface area (TPSA) is 9.86 Å². The third-order valence-electron chi connectivity index (χ3n) is 10.7. The molecule has 0 atom stereocenters. The number of hydrogen-bond acceptors (Lipinski definition) is 0. The molecule has 2 aromatic heterocycles. The van der Waals surface area contributed by atoms with E-state index in [0.29, 0.717) is 0 Å². The van der Waals surface area contributed by atoms with Crippen LogP contribution in [0.15, 0.2) is 182 Å². The van der Waals surface area contributed by atoms with Gasteiger partial charge in [0, 0.05) is 32.8 Å². The van der Waals surface area contributed by atoms with Crippen LogP contribution in [-0.2, 0) is 0 Å². The average molecular weight is 635 g/mol. The molecule has 0 radical (unpaired) electrons. The first-order chi connectivity index (χ1) is 24.8. The molecule has 0 amide bonds. The summed E-state index contributed by atoms with van der Waals surface area (Å²) in [7, 11) is 0. The predicted octanol–water partition coefficient (Wildman–Crippen LogP) is 13.0. The second kappa shape index (κ2) is 10.4. The van der Waals surface area contributed by atoms with Gasteiger partial charge in [-0.15, -0.1) is 0 Å². The number of rotatable bonds is 3. The maximum Gasteiger partial charge on any atom is 0.0789 e. The summed E-state index contributed by atoms with van der Waals surface area (Å²) in [4.78, 5) is 0. The quantitative estimate of drug-likeness (QED) is 0.171. The van der Waals surface area contributed by atoms with Crippen molar-refractivity contribution in [3.8, 4) is 22.5 Å². The molecule has 11 rings (SSSR count). The maximum absolute atomic E-state index is 2.52. The summed E-state index contributed by atoms with van der Waals surface area (Å²) in [5, 5.41) is 12.7. The van der Waals surface area contributed by atoms with Crippen LogP contribution in [0.2, 0.25) is 0 Å². The van der Waals surface area contributed by atoms with E-state index in [1.165, 1.54) is 92.7 Å². The number of para-hydroxylation sites is 4. The summed E-state index contributed by atoms with van der Waals surface area (Å²) in [6, 6.07) is 66.7. The minimum atomic E-state index is 1.16. The van der Waals surface area contributed by atoms with Gasteiger partial charge in [0.2, 0.25) is 0 Å². The highest BCUT2D eigenvalue weighted by atomic mass is 15.0. The van der Waals surface area contributed by atoms with Crippen molar-refractivity contribution < 1.29 is 0 Å². The first-order valence-electron chi connectivity index (χ1n) is 17.3. The second-order valence-electron chi connectivity index (χ2n) is 13.3. The van der Waals surface area contributed by atoms with Crippen LogP contribution in [0, 0.1) is 0 Å². The SMILES string of the molecule is c1ccc(-n2c3ccccc3c3ccc4c5ccccc5n(-c5ccccc5-c5ccc6c7ccccc7c7ccccc7c6c5)c4c32)cc1. The van der Waals surface area contributed by atoms with E-state index in [0.717, 1.165) is 5.69 Å². The van der Waals surface area contributed by atoms with Crippen molar-refractivity contribution in [1.82, 2.24) is 9.13 Å². The molecule has 0 N–H and O–H groups in total. The van der Waals surface area contributed by atoms with Gasteiger partial charge >= 0.3 is 0 Å². The predicted molar refractivity (Wildman–Crippen MR) is 213 cm³/mol. The average Bonchev–Trinajstić information content (AvgIpc) is 3.71. The largest absolute Gasteiger partial charge is 0.307 e.